The summed E-state index contributed by atoms with van der Waals surface area (Å²) >= 11 is 0. The van der Waals surface area contributed by atoms with E-state index in [0.717, 1.165) is 17.9 Å². The number of hydrogen-bond acceptors (Lipinski definition) is 2. The maximum atomic E-state index is 4.89. The topological polar surface area (TPSA) is 26.0 Å². The summed E-state index contributed by atoms with van der Waals surface area (Å²) in [4.78, 5) is 0. The fraction of sp³-hybridized carbons (Fsp3) is 0.444. The average Bonchev–Trinajstić information content (AvgIpc) is 2.37. The Morgan fingerprint density at radius 3 is 3.00 bits per heavy atom. The van der Waals surface area contributed by atoms with Crippen LogP contribution >= 0.6 is 0 Å². The summed E-state index contributed by atoms with van der Waals surface area (Å²) in [5, 5.41) is 3.83. The van der Waals surface area contributed by atoms with Crippen LogP contribution in [0.3, 0.4) is 0 Å². The molecule has 0 aliphatic carbocycles. The molecule has 2 heteroatoms. The molecule has 0 aliphatic heterocycles. The second-order valence-electron chi connectivity index (χ2n) is 2.55. The van der Waals surface area contributed by atoms with E-state index in [1.165, 1.54) is 6.42 Å². The molecule has 0 bridgehead atoms. The second-order valence-corrected chi connectivity index (χ2v) is 2.55. The average molecular weight is 151 g/mol. The largest absolute Gasteiger partial charge is 0.361 e. The molecule has 0 atom stereocenters. The Balaban J connectivity index is 2.50. The Bertz CT molecular complexity index is 237. The molecule has 0 unspecified atom stereocenters. The van der Waals surface area contributed by atoms with Crippen molar-refractivity contribution in [3.05, 3.63) is 23.6 Å². The summed E-state index contributed by atoms with van der Waals surface area (Å²) in [5.41, 5.74) is 0.913. The van der Waals surface area contributed by atoms with Crippen molar-refractivity contribution in [1.82, 2.24) is 5.16 Å². The molecule has 1 heterocycles. The highest BCUT2D eigenvalue weighted by atomic mass is 16.5. The number of unbranched alkanes of at least 4 members (excludes halogenated alkanes) is 1. The van der Waals surface area contributed by atoms with Gasteiger partial charge in [-0.15, -0.1) is 0 Å². The third-order valence-electron chi connectivity index (χ3n) is 1.39. The van der Waals surface area contributed by atoms with Crippen LogP contribution in [-0.4, -0.2) is 5.16 Å². The lowest BCUT2D eigenvalue weighted by atomic mass is 10.3. The first-order chi connectivity index (χ1) is 5.33. The van der Waals surface area contributed by atoms with Gasteiger partial charge >= 0.3 is 0 Å². The zero-order valence-electron chi connectivity index (χ0n) is 7.00. The number of hydrogen-bond donors (Lipinski definition) is 0. The van der Waals surface area contributed by atoms with Gasteiger partial charge in [-0.1, -0.05) is 24.6 Å². The predicted molar refractivity (Wildman–Crippen MR) is 45.2 cm³/mol. The van der Waals surface area contributed by atoms with Crippen LogP contribution in [0.4, 0.5) is 0 Å². The van der Waals surface area contributed by atoms with E-state index in [4.69, 9.17) is 4.52 Å². The zero-order valence-corrected chi connectivity index (χ0v) is 7.00. The maximum absolute atomic E-state index is 4.89. The lowest BCUT2D eigenvalue weighted by Gasteiger charge is -1.81. The normalized spacial score (nSPS) is 11.1. The molecule has 2 nitrogen and oxygen atoms in total. The van der Waals surface area contributed by atoms with Crippen molar-refractivity contribution in [1.29, 1.82) is 0 Å². The standard InChI is InChI=1S/C9H13NO/c1-3-4-5-6-9-7-8(2)11-10-9/h5-7H,3-4H2,1-2H3/b6-5+. The molecule has 0 saturated carbocycles. The van der Waals surface area contributed by atoms with Gasteiger partial charge in [-0.3, -0.25) is 0 Å². The summed E-state index contributed by atoms with van der Waals surface area (Å²) in [6.07, 6.45) is 6.37. The van der Waals surface area contributed by atoms with Crippen LogP contribution in [0, 0.1) is 6.92 Å². The van der Waals surface area contributed by atoms with Crippen LogP contribution in [0.1, 0.15) is 31.2 Å². The molecule has 0 N–H and O–H groups in total. The van der Waals surface area contributed by atoms with Crippen LogP contribution < -0.4 is 0 Å². The van der Waals surface area contributed by atoms with Gasteiger partial charge in [0.05, 0.1) is 0 Å². The number of aryl methyl sites for hydroxylation is 1. The van der Waals surface area contributed by atoms with E-state index in [-0.39, 0.29) is 0 Å². The second kappa shape index (κ2) is 3.96. The van der Waals surface area contributed by atoms with E-state index in [0.29, 0.717) is 0 Å². The molecule has 0 amide bonds. The number of nitrogens with zero attached hydrogens (tertiary/aromatic N) is 1. The van der Waals surface area contributed by atoms with E-state index in [2.05, 4.69) is 18.2 Å². The van der Waals surface area contributed by atoms with Gasteiger partial charge in [-0.05, 0) is 19.4 Å². The van der Waals surface area contributed by atoms with Crippen LogP contribution in [-0.2, 0) is 0 Å². The molecule has 0 aliphatic rings. The monoisotopic (exact) mass is 151 g/mol. The smallest absolute Gasteiger partial charge is 0.134 e. The predicted octanol–water partition coefficient (Wildman–Crippen LogP) is 2.80. The van der Waals surface area contributed by atoms with Crippen molar-refractivity contribution in [2.75, 3.05) is 0 Å². The molecule has 0 spiro atoms. The summed E-state index contributed by atoms with van der Waals surface area (Å²) in [6.45, 7) is 4.04. The van der Waals surface area contributed by atoms with E-state index in [9.17, 15) is 0 Å². The van der Waals surface area contributed by atoms with Crippen LogP contribution in [0.5, 0.6) is 0 Å². The highest BCUT2D eigenvalue weighted by molar-refractivity contribution is 5.43. The Kier molecular flexibility index (Phi) is 2.90. The molecular formula is C9H13NO. The lowest BCUT2D eigenvalue weighted by molar-refractivity contribution is 0.396. The number of aromatic nitrogens is 1. The zero-order chi connectivity index (χ0) is 8.10. The van der Waals surface area contributed by atoms with Gasteiger partial charge < -0.3 is 4.52 Å². The summed E-state index contributed by atoms with van der Waals surface area (Å²) in [7, 11) is 0. The molecule has 0 saturated heterocycles. The van der Waals surface area contributed by atoms with E-state index in [1.54, 1.807) is 0 Å². The fourth-order valence-corrected chi connectivity index (χ4v) is 0.835. The minimum absolute atomic E-state index is 0.862. The molecule has 1 aromatic rings. The molecule has 11 heavy (non-hydrogen) atoms. The Morgan fingerprint density at radius 1 is 1.64 bits per heavy atom. The molecule has 0 fully saturated rings. The van der Waals surface area contributed by atoms with Gasteiger partial charge in [0.25, 0.3) is 0 Å². The van der Waals surface area contributed by atoms with E-state index < -0.39 is 0 Å². The van der Waals surface area contributed by atoms with Crippen LogP contribution in [0.2, 0.25) is 0 Å². The minimum atomic E-state index is 0.862. The van der Waals surface area contributed by atoms with E-state index >= 15 is 0 Å². The maximum Gasteiger partial charge on any atom is 0.134 e. The van der Waals surface area contributed by atoms with Gasteiger partial charge in [0.1, 0.15) is 11.5 Å². The first kappa shape index (κ1) is 8.05. The number of rotatable bonds is 3. The highest BCUT2D eigenvalue weighted by Crippen LogP contribution is 2.04. The van der Waals surface area contributed by atoms with Crippen molar-refractivity contribution in [3.63, 3.8) is 0 Å². The summed E-state index contributed by atoms with van der Waals surface area (Å²) in [5.74, 6) is 0.862. The van der Waals surface area contributed by atoms with Crippen LogP contribution in [0.25, 0.3) is 6.08 Å². The quantitative estimate of drug-likeness (QED) is 0.663. The summed E-state index contributed by atoms with van der Waals surface area (Å²) in [6, 6.07) is 1.92. The number of allylic oxidation sites excluding steroid dienone is 1. The molecular weight excluding hydrogens is 138 g/mol. The third-order valence-corrected chi connectivity index (χ3v) is 1.39. The van der Waals surface area contributed by atoms with Crippen molar-refractivity contribution in [3.8, 4) is 0 Å². The molecule has 0 radical (unpaired) electrons. The fourth-order valence-electron chi connectivity index (χ4n) is 0.835. The van der Waals surface area contributed by atoms with Crippen molar-refractivity contribution in [2.45, 2.75) is 26.7 Å². The molecule has 1 aromatic heterocycles. The van der Waals surface area contributed by atoms with Gasteiger partial charge in [-0.25, -0.2) is 0 Å². The van der Waals surface area contributed by atoms with Crippen molar-refractivity contribution < 1.29 is 4.52 Å². The molecule has 60 valence electrons. The lowest BCUT2D eigenvalue weighted by Crippen LogP contribution is -1.67. The molecule has 0 aromatic carbocycles. The Morgan fingerprint density at radius 2 is 2.45 bits per heavy atom. The molecule has 1 rings (SSSR count). The van der Waals surface area contributed by atoms with Gasteiger partial charge in [0, 0.05) is 6.07 Å². The van der Waals surface area contributed by atoms with Crippen LogP contribution in [0.15, 0.2) is 16.7 Å². The van der Waals surface area contributed by atoms with Crippen molar-refractivity contribution in [2.24, 2.45) is 0 Å². The summed E-state index contributed by atoms with van der Waals surface area (Å²) < 4.78 is 4.89. The minimum Gasteiger partial charge on any atom is -0.361 e. The Hall–Kier alpha value is -1.05. The van der Waals surface area contributed by atoms with Gasteiger partial charge in [0.15, 0.2) is 0 Å². The van der Waals surface area contributed by atoms with Crippen molar-refractivity contribution >= 4 is 6.08 Å². The third kappa shape index (κ3) is 2.58. The first-order valence-electron chi connectivity index (χ1n) is 3.93. The van der Waals surface area contributed by atoms with E-state index in [1.807, 2.05) is 19.1 Å². The first-order valence-corrected chi connectivity index (χ1v) is 3.93. The van der Waals surface area contributed by atoms with Gasteiger partial charge in [0.2, 0.25) is 0 Å². The SMILES string of the molecule is CCC/C=C/c1cc(C)on1. The highest BCUT2D eigenvalue weighted by Gasteiger charge is 1.92. The Labute approximate surface area is 66.9 Å². The van der Waals surface area contributed by atoms with Gasteiger partial charge in [-0.2, -0.15) is 0 Å².